The normalized spacial score (nSPS) is 20.4. The largest absolute Gasteiger partial charge is 0.491 e. The number of amides is 1. The molecule has 1 amide bonds. The fourth-order valence-electron chi connectivity index (χ4n) is 9.02. The monoisotopic (exact) mass is 866 g/mol. The number of hydrogen-bond acceptors (Lipinski definition) is 12. The second kappa shape index (κ2) is 15.0. The topological polar surface area (TPSA) is 144 Å². The first-order chi connectivity index (χ1) is 28.3. The summed E-state index contributed by atoms with van der Waals surface area (Å²) in [4.78, 5) is 69.3. The molecule has 0 radical (unpaired) electrons. The maximum atomic E-state index is 17.0. The van der Waals surface area contributed by atoms with Crippen molar-refractivity contribution >= 4 is 62.7 Å². The number of ether oxygens (including phenoxy) is 3. The Kier molecular flexibility index (Phi) is 10.3. The zero-order valence-corrected chi connectivity index (χ0v) is 32.3. The van der Waals surface area contributed by atoms with Crippen molar-refractivity contribution < 1.29 is 64.1 Å². The molecule has 4 aromatic rings. The number of benzene rings is 2. The number of aromatic nitrogens is 3. The van der Waals surface area contributed by atoms with Crippen molar-refractivity contribution in [1.29, 1.82) is 0 Å². The van der Waals surface area contributed by atoms with Crippen LogP contribution in [0.1, 0.15) is 45.4 Å². The first kappa shape index (κ1) is 41.4. The molecule has 6 heterocycles. The van der Waals surface area contributed by atoms with Gasteiger partial charge in [-0.3, -0.25) is 19.5 Å². The van der Waals surface area contributed by atoms with Gasteiger partial charge in [0, 0.05) is 54.3 Å². The Morgan fingerprint density at radius 2 is 1.48 bits per heavy atom. The van der Waals surface area contributed by atoms with Crippen molar-refractivity contribution in [1.82, 2.24) is 24.8 Å². The zero-order chi connectivity index (χ0) is 42.9. The Balaban J connectivity index is 1.18. The highest BCUT2D eigenvalue weighted by Gasteiger charge is 2.63. The third-order valence-corrected chi connectivity index (χ3v) is 12.0. The molecule has 0 unspecified atom stereocenters. The van der Waals surface area contributed by atoms with Crippen LogP contribution in [0.2, 0.25) is 5.02 Å². The van der Waals surface area contributed by atoms with Crippen LogP contribution in [0, 0.1) is 5.82 Å². The number of alkyl halides is 6. The van der Waals surface area contributed by atoms with Crippen LogP contribution in [0.4, 0.5) is 36.6 Å². The van der Waals surface area contributed by atoms with E-state index in [0.29, 0.717) is 22.9 Å². The number of carbonyl (C=O) groups is 4. The molecule has 0 N–H and O–H groups in total. The second-order valence-electron chi connectivity index (χ2n) is 15.3. The fraction of sp³-hybridized carbons (Fsp3) is 0.462. The van der Waals surface area contributed by atoms with Gasteiger partial charge in [-0.15, -0.1) is 0 Å². The summed E-state index contributed by atoms with van der Waals surface area (Å²) >= 11 is 6.58. The van der Waals surface area contributed by atoms with Crippen LogP contribution >= 0.6 is 11.6 Å². The maximum absolute atomic E-state index is 17.0. The second-order valence-corrected chi connectivity index (χ2v) is 15.7. The molecule has 13 nitrogen and oxygen atoms in total. The summed E-state index contributed by atoms with van der Waals surface area (Å²) in [5.74, 6) is -15.4. The molecule has 2 bridgehead atoms. The lowest BCUT2D eigenvalue weighted by Crippen LogP contribution is -2.66. The van der Waals surface area contributed by atoms with E-state index in [1.54, 1.807) is 29.2 Å². The summed E-state index contributed by atoms with van der Waals surface area (Å²) in [7, 11) is 0. The van der Waals surface area contributed by atoms with E-state index in [-0.39, 0.29) is 66.5 Å². The van der Waals surface area contributed by atoms with Gasteiger partial charge in [0.1, 0.15) is 23.6 Å². The average Bonchev–Trinajstić information content (AvgIpc) is 3.85. The van der Waals surface area contributed by atoms with E-state index >= 15 is 4.39 Å². The van der Waals surface area contributed by atoms with Crippen LogP contribution in [0.5, 0.6) is 6.01 Å². The Hall–Kier alpha value is -5.37. The number of ketones is 1. The van der Waals surface area contributed by atoms with Crippen molar-refractivity contribution in [2.75, 3.05) is 37.7 Å². The van der Waals surface area contributed by atoms with E-state index in [4.69, 9.17) is 16.3 Å². The Bertz CT molecular complexity index is 2380. The van der Waals surface area contributed by atoms with E-state index in [9.17, 15) is 45.5 Å². The van der Waals surface area contributed by atoms with E-state index in [1.807, 2.05) is 12.1 Å². The summed E-state index contributed by atoms with van der Waals surface area (Å²) in [5.41, 5.74) is -0.149. The van der Waals surface area contributed by atoms with E-state index in [1.165, 1.54) is 6.20 Å². The highest BCUT2D eigenvalue weighted by molar-refractivity contribution is 6.36. The van der Waals surface area contributed by atoms with Crippen LogP contribution in [-0.4, -0.2) is 117 Å². The number of fused-ring (bicyclic) bond motifs is 5. The van der Waals surface area contributed by atoms with Gasteiger partial charge in [0.15, 0.2) is 5.82 Å². The smallest absolute Gasteiger partial charge is 0.461 e. The molecule has 8 rings (SSSR count). The van der Waals surface area contributed by atoms with Gasteiger partial charge in [0.25, 0.3) is 0 Å². The number of pyridine rings is 1. The molecular formula is C39H34ClF7N6O7. The molecule has 0 aliphatic carbocycles. The molecule has 318 valence electrons. The predicted molar refractivity (Wildman–Crippen MR) is 197 cm³/mol. The quantitative estimate of drug-likeness (QED) is 0.0804. The molecule has 21 heteroatoms. The molecule has 60 heavy (non-hydrogen) atoms. The Labute approximate surface area is 340 Å². The highest BCUT2D eigenvalue weighted by atomic mass is 35.5. The number of nitrogens with zero attached hydrogens (tertiary/aromatic N) is 6. The molecule has 2 aromatic heterocycles. The van der Waals surface area contributed by atoms with Crippen molar-refractivity contribution in [3.63, 3.8) is 0 Å². The van der Waals surface area contributed by atoms with Crippen molar-refractivity contribution in [2.45, 2.75) is 81.2 Å². The van der Waals surface area contributed by atoms with Crippen LogP contribution in [0.15, 0.2) is 42.6 Å². The molecule has 4 aliphatic rings. The third kappa shape index (κ3) is 7.09. The molecule has 0 saturated carbocycles. The lowest BCUT2D eigenvalue weighted by molar-refractivity contribution is -0.263. The minimum atomic E-state index is -5.91. The molecular weight excluding hydrogens is 833 g/mol. The van der Waals surface area contributed by atoms with Gasteiger partial charge in [-0.25, -0.2) is 14.0 Å². The minimum Gasteiger partial charge on any atom is -0.461 e. The summed E-state index contributed by atoms with van der Waals surface area (Å²) in [5, 5.41) is 1.73. The first-order valence-corrected chi connectivity index (χ1v) is 19.3. The van der Waals surface area contributed by atoms with E-state index in [0.717, 1.165) is 49.1 Å². The fourth-order valence-corrected chi connectivity index (χ4v) is 9.31. The van der Waals surface area contributed by atoms with Gasteiger partial charge in [-0.1, -0.05) is 41.9 Å². The molecule has 2 aromatic carbocycles. The summed E-state index contributed by atoms with van der Waals surface area (Å²) in [6.45, 7) is 1.86. The van der Waals surface area contributed by atoms with Crippen molar-refractivity contribution in [3.05, 3.63) is 53.4 Å². The Morgan fingerprint density at radius 1 is 0.883 bits per heavy atom. The van der Waals surface area contributed by atoms with Crippen LogP contribution in [0.3, 0.4) is 0 Å². The van der Waals surface area contributed by atoms with Gasteiger partial charge in [-0.2, -0.15) is 36.3 Å². The van der Waals surface area contributed by atoms with E-state index < -0.39 is 59.7 Å². The molecule has 0 spiro atoms. The third-order valence-electron chi connectivity index (χ3n) is 11.7. The molecule has 4 saturated heterocycles. The van der Waals surface area contributed by atoms with Gasteiger partial charge < -0.3 is 24.0 Å². The molecule has 2 atom stereocenters. The zero-order valence-electron chi connectivity index (χ0n) is 31.5. The summed E-state index contributed by atoms with van der Waals surface area (Å²) in [6, 6.07) is 8.06. The standard InChI is InChI=1S/C39H34ClF7N6O7/c1-20(54)37(59-33(56)38(42,43)44,60-34(57)39(45,46)47)32(55)53-22-10-11-23(53)18-51(17-22)31-25-16-48-29(24-8-2-6-21-7-3-9-26(40)27(21)24)28(41)30(25)49-35(50-31)58-19-36-12-4-14-52(36)15-5-13-36/h2-3,6-9,16,22-23H,4-5,10-15,17-19H2,1H3/t22-,23+. The first-order valence-electron chi connectivity index (χ1n) is 18.9. The number of anilines is 1. The summed E-state index contributed by atoms with van der Waals surface area (Å²) < 4.78 is 112. The van der Waals surface area contributed by atoms with Crippen LogP contribution in [-0.2, 0) is 28.7 Å². The predicted octanol–water partition coefficient (Wildman–Crippen LogP) is 6.32. The Morgan fingerprint density at radius 3 is 2.07 bits per heavy atom. The highest BCUT2D eigenvalue weighted by Crippen LogP contribution is 2.43. The number of esters is 2. The van der Waals surface area contributed by atoms with Gasteiger partial charge >= 0.3 is 42.0 Å². The average molecular weight is 867 g/mol. The lowest BCUT2D eigenvalue weighted by atomic mass is 9.95. The van der Waals surface area contributed by atoms with E-state index in [2.05, 4.69) is 29.3 Å². The SMILES string of the molecule is CC(=O)C(OC(=O)C(F)(F)F)(OC(=O)C(F)(F)F)C(=O)N1[C@@H]2CC[C@H]1CN(c1nc(OCC34CCCN3CCC4)nc3c(F)c(-c4cccc5cccc(Cl)c45)ncc13)C2. The minimum absolute atomic E-state index is 0.0778. The molecule has 4 fully saturated rings. The van der Waals surface area contributed by atoms with Crippen molar-refractivity contribution in [3.8, 4) is 17.3 Å². The number of carbonyl (C=O) groups excluding carboxylic acids is 4. The van der Waals surface area contributed by atoms with Gasteiger partial charge in [0.05, 0.1) is 10.9 Å². The number of halogens is 8. The number of rotatable bonds is 9. The van der Waals surface area contributed by atoms with Crippen LogP contribution < -0.4 is 9.64 Å². The maximum Gasteiger partial charge on any atom is 0.491 e. The van der Waals surface area contributed by atoms with Crippen molar-refractivity contribution in [2.24, 2.45) is 0 Å². The lowest BCUT2D eigenvalue weighted by Gasteiger charge is -2.44. The number of piperazine rings is 1. The molecule has 4 aliphatic heterocycles. The van der Waals surface area contributed by atoms with Gasteiger partial charge in [-0.05, 0) is 63.1 Å². The number of hydrogen-bond donors (Lipinski definition) is 0. The van der Waals surface area contributed by atoms with Crippen LogP contribution in [0.25, 0.3) is 32.9 Å². The van der Waals surface area contributed by atoms with Gasteiger partial charge in [0.2, 0.25) is 5.78 Å². The summed E-state index contributed by atoms with van der Waals surface area (Å²) in [6.07, 6.45) is -6.62. The number of Topliss-reactive ketones (excluding diaryl/α,β-unsaturated/α-hetero) is 1.